The van der Waals surface area contributed by atoms with E-state index in [1.807, 2.05) is 30.3 Å². The molecule has 0 N–H and O–H groups in total. The van der Waals surface area contributed by atoms with Crippen molar-refractivity contribution in [3.8, 4) is 5.75 Å². The number of amides is 1. The number of carbonyl (C=O) groups is 1. The number of hydrogen-bond acceptors (Lipinski definition) is 5. The van der Waals surface area contributed by atoms with E-state index < -0.39 is 0 Å². The average Bonchev–Trinajstić information content (AvgIpc) is 2.95. The van der Waals surface area contributed by atoms with Crippen LogP contribution in [0.2, 0.25) is 5.02 Å². The van der Waals surface area contributed by atoms with Crippen molar-refractivity contribution < 1.29 is 14.3 Å². The Morgan fingerprint density at radius 1 is 1.19 bits per heavy atom. The quantitative estimate of drug-likeness (QED) is 0.662. The first-order valence-corrected chi connectivity index (χ1v) is 9.49. The Labute approximate surface area is 167 Å². The second-order valence-electron chi connectivity index (χ2n) is 5.68. The fourth-order valence-electron chi connectivity index (χ4n) is 2.54. The van der Waals surface area contributed by atoms with Gasteiger partial charge in [-0.3, -0.25) is 9.69 Å². The second-order valence-corrected chi connectivity index (χ2v) is 7.12. The summed E-state index contributed by atoms with van der Waals surface area (Å²) in [6, 6.07) is 14.8. The van der Waals surface area contributed by atoms with E-state index in [1.165, 1.54) is 11.8 Å². The van der Waals surface area contributed by atoms with Gasteiger partial charge in [0.05, 0.1) is 30.9 Å². The van der Waals surface area contributed by atoms with Crippen molar-refractivity contribution in [2.24, 2.45) is 4.99 Å². The number of amidine groups is 1. The van der Waals surface area contributed by atoms with Gasteiger partial charge < -0.3 is 9.47 Å². The molecule has 2 aromatic rings. The molecule has 1 fully saturated rings. The van der Waals surface area contributed by atoms with Crippen molar-refractivity contribution >= 4 is 46.2 Å². The molecule has 3 rings (SSSR count). The molecule has 0 aromatic heterocycles. The lowest BCUT2D eigenvalue weighted by molar-refractivity contribution is -0.122. The summed E-state index contributed by atoms with van der Waals surface area (Å²) in [6.45, 7) is 0.853. The summed E-state index contributed by atoms with van der Waals surface area (Å²) in [5.41, 5.74) is 1.53. The van der Waals surface area contributed by atoms with Gasteiger partial charge in [0, 0.05) is 17.7 Å². The van der Waals surface area contributed by atoms with Crippen LogP contribution in [0.25, 0.3) is 6.08 Å². The van der Waals surface area contributed by atoms with Crippen molar-refractivity contribution in [2.45, 2.75) is 0 Å². The fourth-order valence-corrected chi connectivity index (χ4v) is 3.74. The van der Waals surface area contributed by atoms with E-state index >= 15 is 0 Å². The summed E-state index contributed by atoms with van der Waals surface area (Å²) in [4.78, 5) is 19.7. The molecule has 0 saturated carbocycles. The Kier molecular flexibility index (Phi) is 6.55. The number of para-hydroxylation sites is 1. The molecule has 5 nitrogen and oxygen atoms in total. The van der Waals surface area contributed by atoms with Crippen LogP contribution in [0.1, 0.15) is 5.56 Å². The zero-order valence-corrected chi connectivity index (χ0v) is 16.6. The topological polar surface area (TPSA) is 51.1 Å². The third-order valence-corrected chi connectivity index (χ3v) is 5.11. The molecule has 1 amide bonds. The van der Waals surface area contributed by atoms with Crippen molar-refractivity contribution in [2.75, 3.05) is 27.4 Å². The van der Waals surface area contributed by atoms with E-state index in [2.05, 4.69) is 4.99 Å². The number of methoxy groups -OCH3 is 2. The van der Waals surface area contributed by atoms with Crippen LogP contribution < -0.4 is 4.74 Å². The van der Waals surface area contributed by atoms with E-state index in [0.29, 0.717) is 34.0 Å². The highest BCUT2D eigenvalue weighted by atomic mass is 35.5. The molecular formula is C20H19ClN2O3S. The molecule has 2 aromatic carbocycles. The van der Waals surface area contributed by atoms with Crippen molar-refractivity contribution in [1.29, 1.82) is 0 Å². The molecule has 0 bridgehead atoms. The number of nitrogens with zero attached hydrogens (tertiary/aromatic N) is 2. The number of halogens is 1. The van der Waals surface area contributed by atoms with E-state index in [0.717, 1.165) is 11.3 Å². The molecular weight excluding hydrogens is 384 g/mol. The second kappa shape index (κ2) is 9.08. The van der Waals surface area contributed by atoms with Gasteiger partial charge in [0.1, 0.15) is 5.75 Å². The maximum atomic E-state index is 12.9. The Hall–Kier alpha value is -2.28. The molecule has 0 atom stereocenters. The minimum atomic E-state index is -0.117. The van der Waals surface area contributed by atoms with E-state index in [4.69, 9.17) is 21.1 Å². The smallest absolute Gasteiger partial charge is 0.266 e. The van der Waals surface area contributed by atoms with Gasteiger partial charge >= 0.3 is 0 Å². The molecule has 0 spiro atoms. The number of ether oxygens (including phenoxy) is 2. The van der Waals surface area contributed by atoms with Crippen LogP contribution in [-0.2, 0) is 9.53 Å². The lowest BCUT2D eigenvalue weighted by atomic mass is 10.2. The average molecular weight is 403 g/mol. The van der Waals surface area contributed by atoms with E-state index in [-0.39, 0.29) is 5.91 Å². The van der Waals surface area contributed by atoms with E-state index in [1.54, 1.807) is 43.4 Å². The lowest BCUT2D eigenvalue weighted by Crippen LogP contribution is -2.32. The predicted octanol–water partition coefficient (Wildman–Crippen LogP) is 4.60. The van der Waals surface area contributed by atoms with Gasteiger partial charge in [-0.25, -0.2) is 4.99 Å². The van der Waals surface area contributed by atoms with Crippen LogP contribution in [0.5, 0.6) is 5.75 Å². The van der Waals surface area contributed by atoms with Crippen molar-refractivity contribution in [3.05, 3.63) is 64.0 Å². The fraction of sp³-hybridized carbons (Fsp3) is 0.200. The highest BCUT2D eigenvalue weighted by molar-refractivity contribution is 8.18. The molecule has 7 heteroatoms. The van der Waals surface area contributed by atoms with Crippen LogP contribution in [0.3, 0.4) is 0 Å². The summed E-state index contributed by atoms with van der Waals surface area (Å²) >= 11 is 7.43. The van der Waals surface area contributed by atoms with Crippen LogP contribution in [0.15, 0.2) is 58.4 Å². The Morgan fingerprint density at radius 3 is 2.67 bits per heavy atom. The molecule has 0 unspecified atom stereocenters. The van der Waals surface area contributed by atoms with Gasteiger partial charge in [0.2, 0.25) is 0 Å². The Bertz CT molecular complexity index is 884. The number of thioether (sulfide) groups is 1. The summed E-state index contributed by atoms with van der Waals surface area (Å²) < 4.78 is 10.5. The largest absolute Gasteiger partial charge is 0.496 e. The highest BCUT2D eigenvalue weighted by Crippen LogP contribution is 2.36. The SMILES string of the molecule is COCCN1C(=O)/C(=C\c2cc(Cl)ccc2OC)SC1=Nc1ccccc1. The number of benzene rings is 2. The molecule has 1 heterocycles. The first-order chi connectivity index (χ1) is 13.1. The van der Waals surface area contributed by atoms with Crippen LogP contribution in [0.4, 0.5) is 5.69 Å². The third kappa shape index (κ3) is 4.71. The number of carbonyl (C=O) groups excluding carboxylic acids is 1. The minimum Gasteiger partial charge on any atom is -0.496 e. The Morgan fingerprint density at radius 2 is 1.96 bits per heavy atom. The number of aliphatic imine (C=N–C) groups is 1. The monoisotopic (exact) mass is 402 g/mol. The van der Waals surface area contributed by atoms with Gasteiger partial charge in [0.25, 0.3) is 5.91 Å². The number of hydrogen-bond donors (Lipinski definition) is 0. The van der Waals surface area contributed by atoms with E-state index in [9.17, 15) is 4.79 Å². The molecule has 0 aliphatic carbocycles. The first kappa shape index (κ1) is 19.5. The molecule has 140 valence electrons. The Balaban J connectivity index is 1.97. The van der Waals surface area contributed by atoms with Gasteiger partial charge in [-0.1, -0.05) is 29.8 Å². The third-order valence-electron chi connectivity index (χ3n) is 3.87. The molecule has 1 saturated heterocycles. The van der Waals surface area contributed by atoms with Gasteiger partial charge in [-0.2, -0.15) is 0 Å². The van der Waals surface area contributed by atoms with Gasteiger partial charge in [-0.15, -0.1) is 0 Å². The number of rotatable bonds is 6. The molecule has 0 radical (unpaired) electrons. The maximum absolute atomic E-state index is 12.9. The summed E-state index contributed by atoms with van der Waals surface area (Å²) in [5.74, 6) is 0.533. The zero-order valence-electron chi connectivity index (χ0n) is 15.0. The lowest BCUT2D eigenvalue weighted by Gasteiger charge is -2.14. The van der Waals surface area contributed by atoms with Crippen LogP contribution in [-0.4, -0.2) is 43.3 Å². The normalized spacial score (nSPS) is 17.1. The first-order valence-electron chi connectivity index (χ1n) is 8.30. The van der Waals surface area contributed by atoms with Gasteiger partial charge in [0.15, 0.2) is 5.17 Å². The standard InChI is InChI=1S/C20H19ClN2O3S/c1-25-11-10-23-19(24)18(13-14-12-15(21)8-9-17(14)26-2)27-20(23)22-16-6-4-3-5-7-16/h3-9,12-13H,10-11H2,1-2H3/b18-13+,22-20?. The van der Waals surface area contributed by atoms with Crippen molar-refractivity contribution in [1.82, 2.24) is 4.90 Å². The summed E-state index contributed by atoms with van der Waals surface area (Å²) in [6.07, 6.45) is 1.78. The maximum Gasteiger partial charge on any atom is 0.266 e. The molecule has 1 aliphatic heterocycles. The zero-order chi connectivity index (χ0) is 19.2. The van der Waals surface area contributed by atoms with Gasteiger partial charge in [-0.05, 0) is 48.2 Å². The summed E-state index contributed by atoms with van der Waals surface area (Å²) in [7, 11) is 3.19. The van der Waals surface area contributed by atoms with Crippen LogP contribution >= 0.6 is 23.4 Å². The van der Waals surface area contributed by atoms with Crippen LogP contribution in [0, 0.1) is 0 Å². The predicted molar refractivity (Wildman–Crippen MR) is 111 cm³/mol. The molecule has 27 heavy (non-hydrogen) atoms. The summed E-state index contributed by atoms with van der Waals surface area (Å²) in [5, 5.41) is 1.20. The highest BCUT2D eigenvalue weighted by Gasteiger charge is 2.33. The minimum absolute atomic E-state index is 0.117. The molecule has 1 aliphatic rings. The van der Waals surface area contributed by atoms with Crippen molar-refractivity contribution in [3.63, 3.8) is 0 Å².